The average molecular weight is 276 g/mol. The molecule has 0 aliphatic carbocycles. The van der Waals surface area contributed by atoms with Crippen molar-refractivity contribution in [1.82, 2.24) is 9.55 Å². The van der Waals surface area contributed by atoms with E-state index in [1.165, 1.54) is 12.8 Å². The van der Waals surface area contributed by atoms with Crippen LogP contribution in [0.3, 0.4) is 0 Å². The van der Waals surface area contributed by atoms with Crippen LogP contribution < -0.4 is 5.56 Å². The normalized spacial score (nSPS) is 12.7. The second-order valence-electron chi connectivity index (χ2n) is 5.00. The van der Waals surface area contributed by atoms with E-state index in [0.29, 0.717) is 10.2 Å². The first-order chi connectivity index (χ1) is 9.15. The molecule has 0 aliphatic rings. The molecule has 1 aromatic carbocycles. The van der Waals surface area contributed by atoms with Gasteiger partial charge in [0.1, 0.15) is 0 Å². The monoisotopic (exact) mass is 276 g/mol. The van der Waals surface area contributed by atoms with Crippen molar-refractivity contribution in [2.24, 2.45) is 0 Å². The lowest BCUT2D eigenvalue weighted by atomic mass is 10.1. The topological polar surface area (TPSA) is 37.8 Å². The number of hydrogen-bond acceptors (Lipinski definition) is 2. The highest BCUT2D eigenvalue weighted by Gasteiger charge is 2.11. The summed E-state index contributed by atoms with van der Waals surface area (Å²) in [5, 5.41) is 0.707. The number of nitrogens with one attached hydrogen (secondary N) is 1. The molecule has 0 unspecified atom stereocenters. The van der Waals surface area contributed by atoms with E-state index in [-0.39, 0.29) is 11.6 Å². The standard InChI is InChI=1S/C15H20N2OS/c1-3-4-5-8-11(2)17-14(18)12-9-6-7-10-13(12)16-15(17)19/h6-7,9-11H,3-5,8H2,1-2H3,(H,16,19)/t11-/m0/s1. The minimum atomic E-state index is 0.0170. The molecule has 2 aromatic rings. The van der Waals surface area contributed by atoms with Gasteiger partial charge in [-0.1, -0.05) is 38.3 Å². The van der Waals surface area contributed by atoms with E-state index in [0.717, 1.165) is 18.4 Å². The van der Waals surface area contributed by atoms with Crippen molar-refractivity contribution in [3.8, 4) is 0 Å². The van der Waals surface area contributed by atoms with Gasteiger partial charge in [-0.05, 0) is 37.7 Å². The number of aromatic amines is 1. The Bertz CT molecular complexity index is 672. The summed E-state index contributed by atoms with van der Waals surface area (Å²) >= 11 is 5.33. The largest absolute Gasteiger partial charge is 0.332 e. The summed E-state index contributed by atoms with van der Waals surface area (Å²) < 4.78 is 2.24. The number of hydrogen-bond donors (Lipinski definition) is 1. The van der Waals surface area contributed by atoms with E-state index in [1.807, 2.05) is 24.3 Å². The van der Waals surface area contributed by atoms with Crippen LogP contribution in [0.2, 0.25) is 0 Å². The Morgan fingerprint density at radius 2 is 2.05 bits per heavy atom. The summed E-state index contributed by atoms with van der Waals surface area (Å²) in [7, 11) is 0. The predicted molar refractivity (Wildman–Crippen MR) is 82.2 cm³/mol. The molecule has 0 bridgehead atoms. The molecule has 1 aromatic heterocycles. The summed E-state index contributed by atoms with van der Waals surface area (Å²) in [4.78, 5) is 15.6. The van der Waals surface area contributed by atoms with Crippen molar-refractivity contribution in [2.75, 3.05) is 0 Å². The summed E-state index contributed by atoms with van der Waals surface area (Å²) in [5.41, 5.74) is 0.831. The SMILES string of the molecule is CCCCC[C@H](C)n1c(=S)[nH]c2ccccc2c1=O. The predicted octanol–water partition coefficient (Wildman–Crippen LogP) is 4.20. The van der Waals surface area contributed by atoms with E-state index >= 15 is 0 Å². The zero-order valence-electron chi connectivity index (χ0n) is 11.5. The van der Waals surface area contributed by atoms with Gasteiger partial charge < -0.3 is 4.98 Å². The summed E-state index contributed by atoms with van der Waals surface area (Å²) in [6, 6.07) is 7.67. The fourth-order valence-corrected chi connectivity index (χ4v) is 2.77. The molecule has 0 saturated carbocycles. The Kier molecular flexibility index (Phi) is 4.53. The highest BCUT2D eigenvalue weighted by Crippen LogP contribution is 2.15. The van der Waals surface area contributed by atoms with E-state index in [2.05, 4.69) is 18.8 Å². The number of rotatable bonds is 5. The number of aromatic nitrogens is 2. The lowest BCUT2D eigenvalue weighted by molar-refractivity contribution is 0.458. The van der Waals surface area contributed by atoms with Crippen molar-refractivity contribution in [1.29, 1.82) is 0 Å². The molecule has 19 heavy (non-hydrogen) atoms. The molecule has 0 saturated heterocycles. The number of fused-ring (bicyclic) bond motifs is 1. The molecule has 1 heterocycles. The number of H-pyrrole nitrogens is 1. The van der Waals surface area contributed by atoms with Gasteiger partial charge in [0.25, 0.3) is 5.56 Å². The van der Waals surface area contributed by atoms with E-state index < -0.39 is 0 Å². The Hall–Kier alpha value is -1.42. The van der Waals surface area contributed by atoms with Gasteiger partial charge in [-0.15, -0.1) is 0 Å². The molecule has 0 spiro atoms. The number of benzene rings is 1. The van der Waals surface area contributed by atoms with Gasteiger partial charge in [-0.2, -0.15) is 0 Å². The Labute approximate surface area is 118 Å². The maximum absolute atomic E-state index is 12.5. The maximum Gasteiger partial charge on any atom is 0.262 e. The first-order valence-electron chi connectivity index (χ1n) is 6.88. The van der Waals surface area contributed by atoms with Crippen LogP contribution in [0.25, 0.3) is 10.9 Å². The molecule has 102 valence electrons. The molecule has 1 atom stereocenters. The molecule has 1 N–H and O–H groups in total. The molecule has 4 heteroatoms. The van der Waals surface area contributed by atoms with Gasteiger partial charge in [-0.3, -0.25) is 9.36 Å². The van der Waals surface area contributed by atoms with Gasteiger partial charge in [0, 0.05) is 6.04 Å². The van der Waals surface area contributed by atoms with Crippen LogP contribution in [0.15, 0.2) is 29.1 Å². The van der Waals surface area contributed by atoms with Crippen LogP contribution >= 0.6 is 12.2 Å². The van der Waals surface area contributed by atoms with Gasteiger partial charge in [0.2, 0.25) is 0 Å². The van der Waals surface area contributed by atoms with Crippen LogP contribution in [0, 0.1) is 4.77 Å². The van der Waals surface area contributed by atoms with Gasteiger partial charge >= 0.3 is 0 Å². The lowest BCUT2D eigenvalue weighted by Gasteiger charge is -2.15. The van der Waals surface area contributed by atoms with Crippen LogP contribution in [0.5, 0.6) is 0 Å². The first kappa shape index (κ1) is 14.0. The first-order valence-corrected chi connectivity index (χ1v) is 7.29. The van der Waals surface area contributed by atoms with Crippen LogP contribution in [-0.4, -0.2) is 9.55 Å². The van der Waals surface area contributed by atoms with Crippen molar-refractivity contribution in [3.63, 3.8) is 0 Å². The highest BCUT2D eigenvalue weighted by atomic mass is 32.1. The molecule has 0 amide bonds. The molecule has 2 rings (SSSR count). The van der Waals surface area contributed by atoms with E-state index in [4.69, 9.17) is 12.2 Å². The molecule has 0 fully saturated rings. The minimum Gasteiger partial charge on any atom is -0.332 e. The third-order valence-corrected chi connectivity index (χ3v) is 3.80. The van der Waals surface area contributed by atoms with Crippen molar-refractivity contribution >= 4 is 23.1 Å². The summed E-state index contributed by atoms with van der Waals surface area (Å²) in [6.45, 7) is 4.24. The Balaban J connectivity index is 2.43. The summed E-state index contributed by atoms with van der Waals surface area (Å²) in [6.07, 6.45) is 4.50. The quantitative estimate of drug-likeness (QED) is 0.656. The average Bonchev–Trinajstić information content (AvgIpc) is 2.39. The number of para-hydroxylation sites is 1. The second-order valence-corrected chi connectivity index (χ2v) is 5.38. The zero-order valence-corrected chi connectivity index (χ0v) is 12.3. The fourth-order valence-electron chi connectivity index (χ4n) is 2.40. The third kappa shape index (κ3) is 2.95. The summed E-state index contributed by atoms with van der Waals surface area (Å²) in [5.74, 6) is 0. The molecular formula is C15H20N2OS. The van der Waals surface area contributed by atoms with Crippen molar-refractivity contribution in [2.45, 2.75) is 45.6 Å². The van der Waals surface area contributed by atoms with Crippen LogP contribution in [0.4, 0.5) is 0 Å². The van der Waals surface area contributed by atoms with Gasteiger partial charge in [0.15, 0.2) is 4.77 Å². The van der Waals surface area contributed by atoms with Crippen LogP contribution in [0.1, 0.15) is 45.6 Å². The molecule has 3 nitrogen and oxygen atoms in total. The highest BCUT2D eigenvalue weighted by molar-refractivity contribution is 7.71. The Morgan fingerprint density at radius 3 is 2.79 bits per heavy atom. The maximum atomic E-state index is 12.5. The van der Waals surface area contributed by atoms with E-state index in [1.54, 1.807) is 4.57 Å². The lowest BCUT2D eigenvalue weighted by Crippen LogP contribution is -2.25. The molecule has 0 aliphatic heterocycles. The number of nitrogens with zero attached hydrogens (tertiary/aromatic N) is 1. The van der Waals surface area contributed by atoms with Crippen LogP contribution in [-0.2, 0) is 0 Å². The van der Waals surface area contributed by atoms with E-state index in [9.17, 15) is 4.79 Å². The smallest absolute Gasteiger partial charge is 0.262 e. The number of unbranched alkanes of at least 4 members (excludes halogenated alkanes) is 2. The van der Waals surface area contributed by atoms with Crippen molar-refractivity contribution in [3.05, 3.63) is 39.4 Å². The molecule has 0 radical (unpaired) electrons. The Morgan fingerprint density at radius 1 is 1.32 bits per heavy atom. The fraction of sp³-hybridized carbons (Fsp3) is 0.467. The molecular weight excluding hydrogens is 256 g/mol. The second kappa shape index (κ2) is 6.15. The third-order valence-electron chi connectivity index (χ3n) is 3.50. The van der Waals surface area contributed by atoms with Crippen molar-refractivity contribution < 1.29 is 0 Å². The zero-order chi connectivity index (χ0) is 13.8. The minimum absolute atomic E-state index is 0.0170. The van der Waals surface area contributed by atoms with Gasteiger partial charge in [0.05, 0.1) is 10.9 Å². The van der Waals surface area contributed by atoms with Gasteiger partial charge in [-0.25, -0.2) is 0 Å².